The SMILES string of the molecule is COCCCN1C(=O)COc2ccc(C(CS(C)(=O)=O)O[C@H]3CNCC[C@@H]3c3ccc(OC)cc3)cc21.c1ccccc1. The zero-order valence-electron chi connectivity index (χ0n) is 25.1. The third kappa shape index (κ3) is 9.53. The number of nitrogens with zero attached hydrogens (tertiary/aromatic N) is 1. The Balaban J connectivity index is 0.000000628. The van der Waals surface area contributed by atoms with Gasteiger partial charge in [-0.05, 0) is 54.8 Å². The van der Waals surface area contributed by atoms with E-state index in [4.69, 9.17) is 18.9 Å². The molecule has 0 bridgehead atoms. The summed E-state index contributed by atoms with van der Waals surface area (Å²) < 4.78 is 47.6. The maximum Gasteiger partial charge on any atom is 0.265 e. The number of fused-ring (bicyclic) bond motifs is 1. The van der Waals surface area contributed by atoms with Crippen LogP contribution in [0.2, 0.25) is 0 Å². The van der Waals surface area contributed by atoms with E-state index in [9.17, 15) is 13.2 Å². The average Bonchev–Trinajstić information content (AvgIpc) is 3.02. The van der Waals surface area contributed by atoms with Crippen molar-refractivity contribution in [3.63, 3.8) is 0 Å². The number of hydrogen-bond donors (Lipinski definition) is 1. The van der Waals surface area contributed by atoms with Gasteiger partial charge in [-0.2, -0.15) is 0 Å². The molecule has 1 saturated heterocycles. The molecule has 43 heavy (non-hydrogen) atoms. The first-order chi connectivity index (χ1) is 20.8. The van der Waals surface area contributed by atoms with E-state index in [2.05, 4.69) is 5.32 Å². The number of carbonyl (C=O) groups is 1. The van der Waals surface area contributed by atoms with Crippen LogP contribution in [-0.4, -0.2) is 79.5 Å². The fraction of sp³-hybridized carbons (Fsp3) is 0.424. The highest BCUT2D eigenvalue weighted by molar-refractivity contribution is 7.90. The molecule has 232 valence electrons. The van der Waals surface area contributed by atoms with E-state index in [1.165, 1.54) is 6.26 Å². The normalized spacial score (nSPS) is 19.0. The van der Waals surface area contributed by atoms with Gasteiger partial charge in [0.2, 0.25) is 0 Å². The van der Waals surface area contributed by atoms with Crippen molar-refractivity contribution in [2.75, 3.05) is 64.0 Å². The Hall–Kier alpha value is -3.44. The van der Waals surface area contributed by atoms with Crippen molar-refractivity contribution in [3.05, 3.63) is 90.0 Å². The highest BCUT2D eigenvalue weighted by Gasteiger charge is 2.33. The first-order valence-corrected chi connectivity index (χ1v) is 16.6. The zero-order chi connectivity index (χ0) is 30.7. The van der Waals surface area contributed by atoms with Crippen molar-refractivity contribution in [3.8, 4) is 11.5 Å². The summed E-state index contributed by atoms with van der Waals surface area (Å²) in [6.07, 6.45) is 1.81. The minimum absolute atomic E-state index is 0.0279. The molecule has 1 fully saturated rings. The maximum atomic E-state index is 12.6. The molecule has 0 spiro atoms. The van der Waals surface area contributed by atoms with E-state index in [0.29, 0.717) is 43.1 Å². The quantitative estimate of drug-likeness (QED) is 0.319. The molecule has 9 nitrogen and oxygen atoms in total. The number of carbonyl (C=O) groups excluding carboxylic acids is 1. The third-order valence-electron chi connectivity index (χ3n) is 7.46. The summed E-state index contributed by atoms with van der Waals surface area (Å²) in [6.45, 7) is 2.44. The highest BCUT2D eigenvalue weighted by atomic mass is 32.2. The predicted octanol–water partition coefficient (Wildman–Crippen LogP) is 4.39. The van der Waals surface area contributed by atoms with Gasteiger partial charge in [-0.15, -0.1) is 0 Å². The van der Waals surface area contributed by atoms with Gasteiger partial charge in [0.05, 0.1) is 30.8 Å². The van der Waals surface area contributed by atoms with Crippen LogP contribution in [0.25, 0.3) is 0 Å². The lowest BCUT2D eigenvalue weighted by molar-refractivity contribution is -0.121. The van der Waals surface area contributed by atoms with E-state index >= 15 is 0 Å². The van der Waals surface area contributed by atoms with Crippen LogP contribution in [0.1, 0.15) is 36.0 Å². The zero-order valence-corrected chi connectivity index (χ0v) is 25.9. The van der Waals surface area contributed by atoms with Crippen LogP contribution in [0.15, 0.2) is 78.9 Å². The minimum Gasteiger partial charge on any atom is -0.497 e. The Morgan fingerprint density at radius 1 is 1.02 bits per heavy atom. The second kappa shape index (κ2) is 15.9. The Labute approximate surface area is 255 Å². The molecule has 0 radical (unpaired) electrons. The van der Waals surface area contributed by atoms with Crippen molar-refractivity contribution in [1.82, 2.24) is 5.32 Å². The standard InChI is InChI=1S/C27H36N2O7S.C6H6/c1-33-14-4-13-29-23-15-20(7-10-24(23)35-17-27(29)30)26(18-37(3,31)32)36-25-16-28-12-11-22(25)19-5-8-21(34-2)9-6-19;1-2-4-6-5-3-1/h5-10,15,22,25-26,28H,4,11-14,16-18H2,1-3H3;1-6H/t22-,25+,26?;/m1./s1. The lowest BCUT2D eigenvalue weighted by atomic mass is 9.87. The van der Waals surface area contributed by atoms with Crippen LogP contribution in [-0.2, 0) is 24.1 Å². The molecule has 0 aliphatic carbocycles. The summed E-state index contributed by atoms with van der Waals surface area (Å²) in [5.41, 5.74) is 2.44. The number of methoxy groups -OCH3 is 2. The maximum absolute atomic E-state index is 12.6. The number of piperidine rings is 1. The molecule has 1 unspecified atom stereocenters. The molecule has 3 aromatic rings. The Bertz CT molecular complexity index is 1370. The van der Waals surface area contributed by atoms with Crippen LogP contribution in [0.3, 0.4) is 0 Å². The van der Waals surface area contributed by atoms with Gasteiger partial charge in [0.15, 0.2) is 6.61 Å². The van der Waals surface area contributed by atoms with Gasteiger partial charge in [-0.25, -0.2) is 8.42 Å². The van der Waals surface area contributed by atoms with Gasteiger partial charge in [0, 0.05) is 39.0 Å². The van der Waals surface area contributed by atoms with Gasteiger partial charge in [0.25, 0.3) is 5.91 Å². The molecule has 5 rings (SSSR count). The summed E-state index contributed by atoms with van der Waals surface area (Å²) in [4.78, 5) is 14.3. The van der Waals surface area contributed by atoms with Crippen LogP contribution in [0.4, 0.5) is 5.69 Å². The smallest absolute Gasteiger partial charge is 0.265 e. The molecule has 1 N–H and O–H groups in total. The summed E-state index contributed by atoms with van der Waals surface area (Å²) in [5, 5.41) is 3.38. The number of benzene rings is 3. The van der Waals surface area contributed by atoms with Crippen LogP contribution in [0.5, 0.6) is 11.5 Å². The fourth-order valence-electron chi connectivity index (χ4n) is 5.32. The molecule has 2 aliphatic rings. The number of rotatable bonds is 11. The fourth-order valence-corrected chi connectivity index (χ4v) is 6.14. The van der Waals surface area contributed by atoms with Crippen molar-refractivity contribution >= 4 is 21.4 Å². The molecule has 2 heterocycles. The van der Waals surface area contributed by atoms with Crippen molar-refractivity contribution in [1.29, 1.82) is 0 Å². The van der Waals surface area contributed by atoms with Gasteiger partial charge >= 0.3 is 0 Å². The van der Waals surface area contributed by atoms with Gasteiger partial charge in [-0.3, -0.25) is 4.79 Å². The summed E-state index contributed by atoms with van der Waals surface area (Å²) in [7, 11) is -0.106. The first kappa shape index (κ1) is 32.5. The molecule has 1 amide bonds. The number of ether oxygens (including phenoxy) is 4. The molecular formula is C33H42N2O7S. The number of sulfone groups is 1. The first-order valence-electron chi connectivity index (χ1n) is 14.5. The van der Waals surface area contributed by atoms with Crippen LogP contribution < -0.4 is 19.7 Å². The summed E-state index contributed by atoms with van der Waals surface area (Å²) in [6, 6.07) is 25.4. The van der Waals surface area contributed by atoms with E-state index < -0.39 is 15.9 Å². The largest absolute Gasteiger partial charge is 0.497 e. The molecule has 0 aromatic heterocycles. The van der Waals surface area contributed by atoms with Crippen molar-refractivity contribution in [2.24, 2.45) is 0 Å². The summed E-state index contributed by atoms with van der Waals surface area (Å²) >= 11 is 0. The van der Waals surface area contributed by atoms with E-state index in [1.54, 1.807) is 25.2 Å². The van der Waals surface area contributed by atoms with Gasteiger partial charge in [-0.1, -0.05) is 54.6 Å². The second-order valence-electron chi connectivity index (χ2n) is 10.7. The molecule has 0 saturated carbocycles. The topological polar surface area (TPSA) is 103 Å². The molecule has 3 aromatic carbocycles. The van der Waals surface area contributed by atoms with Crippen molar-refractivity contribution < 1.29 is 32.2 Å². The molecule has 10 heteroatoms. The highest BCUT2D eigenvalue weighted by Crippen LogP contribution is 2.38. The van der Waals surface area contributed by atoms with E-state index in [1.807, 2.05) is 72.8 Å². The monoisotopic (exact) mass is 610 g/mol. The number of anilines is 1. The molecular weight excluding hydrogens is 568 g/mol. The second-order valence-corrected chi connectivity index (χ2v) is 12.9. The van der Waals surface area contributed by atoms with Gasteiger partial charge in [0.1, 0.15) is 21.3 Å². The molecule has 2 aliphatic heterocycles. The number of amides is 1. The van der Waals surface area contributed by atoms with Gasteiger partial charge < -0.3 is 29.2 Å². The number of hydrogen-bond acceptors (Lipinski definition) is 8. The van der Waals surface area contributed by atoms with Crippen LogP contribution >= 0.6 is 0 Å². The predicted molar refractivity (Wildman–Crippen MR) is 168 cm³/mol. The Morgan fingerprint density at radius 3 is 2.35 bits per heavy atom. The third-order valence-corrected chi connectivity index (χ3v) is 8.37. The lowest BCUT2D eigenvalue weighted by Gasteiger charge is -2.36. The van der Waals surface area contributed by atoms with Crippen molar-refractivity contribution in [2.45, 2.75) is 31.0 Å². The average molecular weight is 611 g/mol. The Kier molecular flexibility index (Phi) is 12.0. The Morgan fingerprint density at radius 2 is 1.72 bits per heavy atom. The van der Waals surface area contributed by atoms with E-state index in [-0.39, 0.29) is 30.3 Å². The minimum atomic E-state index is -3.37. The number of nitrogens with one attached hydrogen (secondary N) is 1. The summed E-state index contributed by atoms with van der Waals surface area (Å²) in [5.74, 6) is 1.16. The molecule has 3 atom stereocenters. The van der Waals surface area contributed by atoms with E-state index in [0.717, 1.165) is 24.3 Å². The van der Waals surface area contributed by atoms with Crippen LogP contribution in [0, 0.1) is 0 Å². The lowest BCUT2D eigenvalue weighted by Crippen LogP contribution is -2.42.